The van der Waals surface area contributed by atoms with Crippen molar-refractivity contribution in [2.75, 3.05) is 25.0 Å². The second-order valence-electron chi connectivity index (χ2n) is 4.11. The number of benzene rings is 1. The summed E-state index contributed by atoms with van der Waals surface area (Å²) in [6.07, 6.45) is 1.56. The summed E-state index contributed by atoms with van der Waals surface area (Å²) >= 11 is 3.26. The highest BCUT2D eigenvalue weighted by Gasteiger charge is 2.11. The Morgan fingerprint density at radius 1 is 1.42 bits per heavy atom. The van der Waals surface area contributed by atoms with Gasteiger partial charge in [0.2, 0.25) is 0 Å². The van der Waals surface area contributed by atoms with E-state index in [2.05, 4.69) is 36.3 Å². The van der Waals surface area contributed by atoms with Crippen molar-refractivity contribution in [2.24, 2.45) is 0 Å². The first kappa shape index (κ1) is 13.6. The Labute approximate surface area is 120 Å². The largest absolute Gasteiger partial charge is 0.373 e. The first-order valence-electron chi connectivity index (χ1n) is 5.91. The van der Waals surface area contributed by atoms with E-state index in [0.717, 1.165) is 12.2 Å². The molecule has 2 aromatic rings. The fourth-order valence-electron chi connectivity index (χ4n) is 1.67. The number of carbonyl (C=O) groups is 1. The van der Waals surface area contributed by atoms with Crippen molar-refractivity contribution in [3.63, 3.8) is 0 Å². The predicted molar refractivity (Wildman–Crippen MR) is 78.3 cm³/mol. The molecule has 0 bridgehead atoms. The van der Waals surface area contributed by atoms with Gasteiger partial charge < -0.3 is 10.2 Å². The van der Waals surface area contributed by atoms with Crippen molar-refractivity contribution in [1.82, 2.24) is 15.5 Å². The Bertz CT molecular complexity index is 541. The van der Waals surface area contributed by atoms with Crippen LogP contribution >= 0.6 is 15.9 Å². The number of amides is 1. The quantitative estimate of drug-likeness (QED) is 0.885. The summed E-state index contributed by atoms with van der Waals surface area (Å²) in [7, 11) is 1.99. The maximum atomic E-state index is 11.8. The molecular formula is C13H15BrN4O. The Hall–Kier alpha value is -1.82. The average molecular weight is 323 g/mol. The van der Waals surface area contributed by atoms with Crippen LogP contribution in [-0.4, -0.2) is 36.2 Å². The van der Waals surface area contributed by atoms with E-state index in [9.17, 15) is 4.79 Å². The van der Waals surface area contributed by atoms with E-state index >= 15 is 0 Å². The molecule has 2 rings (SSSR count). The highest BCUT2D eigenvalue weighted by molar-refractivity contribution is 9.10. The Morgan fingerprint density at radius 2 is 2.16 bits per heavy atom. The summed E-state index contributed by atoms with van der Waals surface area (Å²) in [5.74, 6) is -0.161. The van der Waals surface area contributed by atoms with Crippen LogP contribution in [0.3, 0.4) is 0 Å². The monoisotopic (exact) mass is 322 g/mol. The zero-order valence-electron chi connectivity index (χ0n) is 10.6. The van der Waals surface area contributed by atoms with Gasteiger partial charge in [0.25, 0.3) is 5.91 Å². The summed E-state index contributed by atoms with van der Waals surface area (Å²) in [6, 6.07) is 10.0. The lowest BCUT2D eigenvalue weighted by atomic mass is 10.3. The zero-order chi connectivity index (χ0) is 13.7. The Kier molecular flexibility index (Phi) is 4.57. The van der Waals surface area contributed by atoms with E-state index in [1.807, 2.05) is 37.4 Å². The number of hydrogen-bond acceptors (Lipinski definition) is 3. The molecule has 2 N–H and O–H groups in total. The van der Waals surface area contributed by atoms with Gasteiger partial charge in [-0.15, -0.1) is 0 Å². The van der Waals surface area contributed by atoms with Gasteiger partial charge in [-0.3, -0.25) is 9.89 Å². The molecular weight excluding hydrogens is 308 g/mol. The number of aromatic amines is 1. The van der Waals surface area contributed by atoms with Gasteiger partial charge in [-0.1, -0.05) is 18.2 Å². The molecule has 0 aliphatic carbocycles. The minimum atomic E-state index is -0.161. The van der Waals surface area contributed by atoms with Crippen LogP contribution in [0.25, 0.3) is 0 Å². The minimum absolute atomic E-state index is 0.161. The lowest BCUT2D eigenvalue weighted by Crippen LogP contribution is -2.33. The van der Waals surface area contributed by atoms with Crippen molar-refractivity contribution < 1.29 is 4.79 Å². The number of hydrogen-bond donors (Lipinski definition) is 2. The van der Waals surface area contributed by atoms with E-state index in [4.69, 9.17) is 0 Å². The third-order valence-corrected chi connectivity index (χ3v) is 3.35. The topological polar surface area (TPSA) is 61.0 Å². The molecule has 0 saturated heterocycles. The van der Waals surface area contributed by atoms with Crippen LogP contribution in [0.1, 0.15) is 10.5 Å². The van der Waals surface area contributed by atoms with E-state index in [0.29, 0.717) is 16.7 Å². The number of nitrogens with one attached hydrogen (secondary N) is 2. The highest BCUT2D eigenvalue weighted by atomic mass is 79.9. The standard InChI is InChI=1S/C13H15BrN4O/c1-18(10-5-3-2-4-6-10)8-7-15-13(19)12-11(14)9-16-17-12/h2-6,9H,7-8H2,1H3,(H,15,19)(H,16,17). The van der Waals surface area contributed by atoms with E-state index in [-0.39, 0.29) is 5.91 Å². The Balaban J connectivity index is 1.81. The lowest BCUT2D eigenvalue weighted by molar-refractivity contribution is 0.0949. The van der Waals surface area contributed by atoms with Crippen LogP contribution in [0.4, 0.5) is 5.69 Å². The van der Waals surface area contributed by atoms with Crippen LogP contribution in [0.5, 0.6) is 0 Å². The van der Waals surface area contributed by atoms with Crippen molar-refractivity contribution in [1.29, 1.82) is 0 Å². The van der Waals surface area contributed by atoms with Gasteiger partial charge in [0.1, 0.15) is 5.69 Å². The first-order chi connectivity index (χ1) is 9.18. The molecule has 1 heterocycles. The molecule has 0 saturated carbocycles. The SMILES string of the molecule is CN(CCNC(=O)c1[nH]ncc1Br)c1ccccc1. The number of halogens is 1. The first-order valence-corrected chi connectivity index (χ1v) is 6.71. The molecule has 100 valence electrons. The van der Waals surface area contributed by atoms with Gasteiger partial charge >= 0.3 is 0 Å². The van der Waals surface area contributed by atoms with Crippen molar-refractivity contribution in [3.8, 4) is 0 Å². The number of aromatic nitrogens is 2. The maximum Gasteiger partial charge on any atom is 0.270 e. The molecule has 19 heavy (non-hydrogen) atoms. The summed E-state index contributed by atoms with van der Waals surface area (Å²) in [5, 5.41) is 9.29. The molecule has 1 amide bonds. The smallest absolute Gasteiger partial charge is 0.270 e. The van der Waals surface area contributed by atoms with Gasteiger partial charge in [0, 0.05) is 25.8 Å². The number of rotatable bonds is 5. The fourth-order valence-corrected chi connectivity index (χ4v) is 2.04. The van der Waals surface area contributed by atoms with Gasteiger partial charge in [-0.05, 0) is 28.1 Å². The van der Waals surface area contributed by atoms with Gasteiger partial charge in [-0.2, -0.15) is 5.10 Å². The lowest BCUT2D eigenvalue weighted by Gasteiger charge is -2.19. The third kappa shape index (κ3) is 3.57. The zero-order valence-corrected chi connectivity index (χ0v) is 12.1. The normalized spacial score (nSPS) is 10.2. The minimum Gasteiger partial charge on any atom is -0.373 e. The third-order valence-electron chi connectivity index (χ3n) is 2.75. The molecule has 0 unspecified atom stereocenters. The maximum absolute atomic E-state index is 11.8. The van der Waals surface area contributed by atoms with Crippen LogP contribution < -0.4 is 10.2 Å². The number of carbonyl (C=O) groups excluding carboxylic acids is 1. The summed E-state index contributed by atoms with van der Waals surface area (Å²) in [5.41, 5.74) is 1.57. The van der Waals surface area contributed by atoms with E-state index in [1.165, 1.54) is 0 Å². The van der Waals surface area contributed by atoms with Crippen LogP contribution in [0, 0.1) is 0 Å². The number of para-hydroxylation sites is 1. The van der Waals surface area contributed by atoms with Gasteiger partial charge in [0.05, 0.1) is 10.7 Å². The molecule has 0 spiro atoms. The van der Waals surface area contributed by atoms with E-state index < -0.39 is 0 Å². The van der Waals surface area contributed by atoms with Crippen molar-refractivity contribution in [3.05, 3.63) is 46.7 Å². The summed E-state index contributed by atoms with van der Waals surface area (Å²) < 4.78 is 0.668. The average Bonchev–Trinajstić information content (AvgIpc) is 2.86. The summed E-state index contributed by atoms with van der Waals surface area (Å²) in [4.78, 5) is 13.9. The van der Waals surface area contributed by atoms with Gasteiger partial charge in [0.15, 0.2) is 0 Å². The highest BCUT2D eigenvalue weighted by Crippen LogP contribution is 2.12. The number of likely N-dealkylation sites (N-methyl/N-ethyl adjacent to an activating group) is 1. The van der Waals surface area contributed by atoms with E-state index in [1.54, 1.807) is 6.20 Å². The fraction of sp³-hybridized carbons (Fsp3) is 0.231. The predicted octanol–water partition coefficient (Wildman–Crippen LogP) is 2.04. The molecule has 0 aliphatic heterocycles. The summed E-state index contributed by atoms with van der Waals surface area (Å²) in [6.45, 7) is 1.30. The second kappa shape index (κ2) is 6.38. The van der Waals surface area contributed by atoms with Crippen molar-refractivity contribution >= 4 is 27.5 Å². The van der Waals surface area contributed by atoms with Gasteiger partial charge in [-0.25, -0.2) is 0 Å². The van der Waals surface area contributed by atoms with Crippen LogP contribution in [-0.2, 0) is 0 Å². The molecule has 6 heteroatoms. The molecule has 1 aromatic heterocycles. The molecule has 0 aliphatic rings. The number of anilines is 1. The molecule has 1 aromatic carbocycles. The molecule has 5 nitrogen and oxygen atoms in total. The molecule has 0 fully saturated rings. The van der Waals surface area contributed by atoms with Crippen LogP contribution in [0.2, 0.25) is 0 Å². The number of nitrogens with zero attached hydrogens (tertiary/aromatic N) is 2. The van der Waals surface area contributed by atoms with Crippen molar-refractivity contribution in [2.45, 2.75) is 0 Å². The number of H-pyrrole nitrogens is 1. The second-order valence-corrected chi connectivity index (χ2v) is 4.96. The molecule has 0 radical (unpaired) electrons. The Morgan fingerprint density at radius 3 is 2.79 bits per heavy atom. The molecule has 0 atom stereocenters. The van der Waals surface area contributed by atoms with Crippen LogP contribution in [0.15, 0.2) is 41.0 Å².